The second-order valence-corrected chi connectivity index (χ2v) is 5.47. The van der Waals surface area contributed by atoms with E-state index in [0.29, 0.717) is 5.69 Å². The Bertz CT molecular complexity index is 637. The molecule has 1 heterocycles. The number of nitrogens with zero attached hydrogens (tertiary/aromatic N) is 1. The van der Waals surface area contributed by atoms with Crippen molar-refractivity contribution in [3.05, 3.63) is 60.4 Å². The van der Waals surface area contributed by atoms with Crippen molar-refractivity contribution in [1.29, 1.82) is 0 Å². The minimum Gasteiger partial charge on any atom is -0.323 e. The van der Waals surface area contributed by atoms with Crippen LogP contribution in [0.15, 0.2) is 59.8 Å². The predicted molar refractivity (Wildman–Crippen MR) is 80.7 cm³/mol. The maximum absolute atomic E-state index is 11.7. The number of hydrogen-bond acceptors (Lipinski definition) is 3. The highest BCUT2D eigenvalue weighted by Gasteiger charge is 2.00. The van der Waals surface area contributed by atoms with E-state index in [1.54, 1.807) is 55.1 Å². The van der Waals surface area contributed by atoms with Crippen molar-refractivity contribution < 1.29 is 9.00 Å². The zero-order valence-electron chi connectivity index (χ0n) is 10.9. The Morgan fingerprint density at radius 1 is 1.25 bits per heavy atom. The van der Waals surface area contributed by atoms with E-state index in [1.807, 2.05) is 6.07 Å². The number of carbonyl (C=O) groups is 1. The molecule has 1 atom stereocenters. The molecule has 102 valence electrons. The van der Waals surface area contributed by atoms with Gasteiger partial charge in [-0.15, -0.1) is 0 Å². The molecule has 4 nitrogen and oxygen atoms in total. The van der Waals surface area contributed by atoms with Crippen LogP contribution in [0.2, 0.25) is 0 Å². The van der Waals surface area contributed by atoms with Gasteiger partial charge in [-0.2, -0.15) is 0 Å². The summed E-state index contributed by atoms with van der Waals surface area (Å²) in [5, 5.41) is 2.73. The van der Waals surface area contributed by atoms with Gasteiger partial charge >= 0.3 is 0 Å². The Labute approximate surface area is 120 Å². The van der Waals surface area contributed by atoms with E-state index in [1.165, 1.54) is 6.08 Å². The molecule has 0 unspecified atom stereocenters. The van der Waals surface area contributed by atoms with Gasteiger partial charge in [0.2, 0.25) is 5.91 Å². The Balaban J connectivity index is 1.98. The molecular weight excluding hydrogens is 272 g/mol. The Morgan fingerprint density at radius 3 is 2.60 bits per heavy atom. The van der Waals surface area contributed by atoms with Crippen LogP contribution in [-0.2, 0) is 15.6 Å². The smallest absolute Gasteiger partial charge is 0.248 e. The number of anilines is 1. The normalized spacial score (nSPS) is 12.2. The standard InChI is InChI=1S/C15H14N2O2S/c1-20(19)14-7-5-13(6-8-14)17-15(18)9-4-12-3-2-10-16-11-12/h2-11H,1H3,(H,17,18)/b9-4-/t20-/m1/s1. The summed E-state index contributed by atoms with van der Waals surface area (Å²) in [6.07, 6.45) is 8.11. The SMILES string of the molecule is C[S@@](=O)c1ccc(NC(=O)/C=C\c2cccnc2)cc1. The molecule has 0 aliphatic carbocycles. The molecule has 0 aliphatic heterocycles. The Morgan fingerprint density at radius 2 is 2.00 bits per heavy atom. The van der Waals surface area contributed by atoms with Gasteiger partial charge in [0.15, 0.2) is 0 Å². The van der Waals surface area contributed by atoms with E-state index in [4.69, 9.17) is 0 Å². The molecule has 0 radical (unpaired) electrons. The van der Waals surface area contributed by atoms with Crippen LogP contribution in [0.4, 0.5) is 5.69 Å². The number of amides is 1. The second kappa shape index (κ2) is 6.77. The number of pyridine rings is 1. The van der Waals surface area contributed by atoms with Gasteiger partial charge in [0, 0.05) is 46.1 Å². The lowest BCUT2D eigenvalue weighted by molar-refractivity contribution is -0.111. The van der Waals surface area contributed by atoms with Crippen LogP contribution in [-0.4, -0.2) is 21.4 Å². The van der Waals surface area contributed by atoms with Gasteiger partial charge in [-0.25, -0.2) is 0 Å². The van der Waals surface area contributed by atoms with E-state index in [9.17, 15) is 9.00 Å². The molecule has 1 aromatic heterocycles. The summed E-state index contributed by atoms with van der Waals surface area (Å²) in [7, 11) is -1.01. The molecule has 0 bridgehead atoms. The van der Waals surface area contributed by atoms with E-state index in [2.05, 4.69) is 10.3 Å². The number of benzene rings is 1. The van der Waals surface area contributed by atoms with Crippen LogP contribution in [0.1, 0.15) is 5.56 Å². The molecule has 0 fully saturated rings. The molecule has 1 aromatic carbocycles. The number of hydrogen-bond donors (Lipinski definition) is 1. The molecule has 0 saturated carbocycles. The maximum atomic E-state index is 11.7. The van der Waals surface area contributed by atoms with Crippen molar-refractivity contribution in [1.82, 2.24) is 4.98 Å². The molecule has 0 saturated heterocycles. The minimum atomic E-state index is -1.01. The first kappa shape index (κ1) is 14.1. The fourth-order valence-electron chi connectivity index (χ4n) is 1.56. The summed E-state index contributed by atoms with van der Waals surface area (Å²) in [5.74, 6) is -0.223. The highest BCUT2D eigenvalue weighted by molar-refractivity contribution is 7.84. The van der Waals surface area contributed by atoms with Crippen LogP contribution < -0.4 is 5.32 Å². The topological polar surface area (TPSA) is 59.1 Å². The van der Waals surface area contributed by atoms with E-state index >= 15 is 0 Å². The first-order chi connectivity index (χ1) is 9.65. The largest absolute Gasteiger partial charge is 0.323 e. The third-order valence-corrected chi connectivity index (χ3v) is 3.50. The van der Waals surface area contributed by atoms with Gasteiger partial charge in [0.25, 0.3) is 0 Å². The van der Waals surface area contributed by atoms with Crippen LogP contribution in [0.3, 0.4) is 0 Å². The third kappa shape index (κ3) is 4.13. The van der Waals surface area contributed by atoms with Crippen molar-refractivity contribution in [3.63, 3.8) is 0 Å². The van der Waals surface area contributed by atoms with Gasteiger partial charge in [-0.3, -0.25) is 14.0 Å². The quantitative estimate of drug-likeness (QED) is 0.878. The van der Waals surface area contributed by atoms with Crippen molar-refractivity contribution in [2.24, 2.45) is 0 Å². The molecule has 1 amide bonds. The van der Waals surface area contributed by atoms with Gasteiger partial charge in [0.05, 0.1) is 0 Å². The van der Waals surface area contributed by atoms with E-state index in [0.717, 1.165) is 10.5 Å². The minimum absolute atomic E-state index is 0.223. The highest BCUT2D eigenvalue weighted by Crippen LogP contribution is 2.12. The fourth-order valence-corrected chi connectivity index (χ4v) is 2.08. The number of rotatable bonds is 4. The lowest BCUT2D eigenvalue weighted by Gasteiger charge is -2.03. The molecule has 20 heavy (non-hydrogen) atoms. The van der Waals surface area contributed by atoms with Gasteiger partial charge in [-0.05, 0) is 42.0 Å². The van der Waals surface area contributed by atoms with Crippen molar-refractivity contribution in [2.75, 3.05) is 11.6 Å². The van der Waals surface area contributed by atoms with Crippen molar-refractivity contribution in [3.8, 4) is 0 Å². The number of aromatic nitrogens is 1. The summed E-state index contributed by atoms with van der Waals surface area (Å²) in [5.41, 5.74) is 1.53. The Kier molecular flexibility index (Phi) is 4.79. The number of nitrogens with one attached hydrogen (secondary N) is 1. The third-order valence-electron chi connectivity index (χ3n) is 2.57. The van der Waals surface area contributed by atoms with Crippen LogP contribution in [0.5, 0.6) is 0 Å². The molecule has 0 spiro atoms. The summed E-state index contributed by atoms with van der Waals surface area (Å²) < 4.78 is 11.2. The van der Waals surface area contributed by atoms with E-state index < -0.39 is 10.8 Å². The molecule has 0 aliphatic rings. The molecule has 5 heteroatoms. The summed E-state index contributed by atoms with van der Waals surface area (Å²) in [6.45, 7) is 0. The average Bonchev–Trinajstić information content (AvgIpc) is 2.47. The van der Waals surface area contributed by atoms with Gasteiger partial charge in [0.1, 0.15) is 0 Å². The zero-order chi connectivity index (χ0) is 14.4. The first-order valence-electron chi connectivity index (χ1n) is 5.98. The predicted octanol–water partition coefficient (Wildman–Crippen LogP) is 2.47. The zero-order valence-corrected chi connectivity index (χ0v) is 11.8. The highest BCUT2D eigenvalue weighted by atomic mass is 32.2. The van der Waals surface area contributed by atoms with Gasteiger partial charge < -0.3 is 5.32 Å². The average molecular weight is 286 g/mol. The van der Waals surface area contributed by atoms with Crippen LogP contribution in [0, 0.1) is 0 Å². The lowest BCUT2D eigenvalue weighted by atomic mass is 10.2. The summed E-state index contributed by atoms with van der Waals surface area (Å²) in [4.78, 5) is 16.4. The fraction of sp³-hybridized carbons (Fsp3) is 0.0667. The molecule has 1 N–H and O–H groups in total. The second-order valence-electron chi connectivity index (χ2n) is 4.09. The molecule has 2 rings (SSSR count). The molecule has 2 aromatic rings. The van der Waals surface area contributed by atoms with Gasteiger partial charge in [-0.1, -0.05) is 6.07 Å². The maximum Gasteiger partial charge on any atom is 0.248 e. The van der Waals surface area contributed by atoms with Crippen molar-refractivity contribution in [2.45, 2.75) is 4.90 Å². The van der Waals surface area contributed by atoms with Crippen molar-refractivity contribution >= 4 is 28.5 Å². The number of carbonyl (C=O) groups excluding carboxylic acids is 1. The first-order valence-corrected chi connectivity index (χ1v) is 7.53. The summed E-state index contributed by atoms with van der Waals surface area (Å²) >= 11 is 0. The van der Waals surface area contributed by atoms with E-state index in [-0.39, 0.29) is 5.91 Å². The van der Waals surface area contributed by atoms with Crippen LogP contribution in [0.25, 0.3) is 6.08 Å². The Hall–Kier alpha value is -2.27. The summed E-state index contributed by atoms with van der Waals surface area (Å²) in [6, 6.07) is 10.6. The lowest BCUT2D eigenvalue weighted by Crippen LogP contribution is -2.07. The van der Waals surface area contributed by atoms with Crippen LogP contribution >= 0.6 is 0 Å². The monoisotopic (exact) mass is 286 g/mol. The molecular formula is C15H14N2O2S.